The number of hydrogen-bond donors (Lipinski definition) is 1. The number of fused-ring (bicyclic) bond motifs is 1. The highest BCUT2D eigenvalue weighted by Crippen LogP contribution is 2.31. The molecule has 0 spiro atoms. The Balaban J connectivity index is 1.74. The summed E-state index contributed by atoms with van der Waals surface area (Å²) < 4.78 is 9.98. The summed E-state index contributed by atoms with van der Waals surface area (Å²) in [6, 6.07) is 6.99. The molecule has 0 fully saturated rings. The van der Waals surface area contributed by atoms with E-state index in [1.165, 1.54) is 12.5 Å². The van der Waals surface area contributed by atoms with Crippen molar-refractivity contribution in [2.45, 2.75) is 26.3 Å². The number of nitrogens with zero attached hydrogens (tertiary/aromatic N) is 1. The van der Waals surface area contributed by atoms with Crippen LogP contribution in [0, 0.1) is 0 Å². The maximum Gasteiger partial charge on any atom is 0.328 e. The van der Waals surface area contributed by atoms with Crippen LogP contribution in [0.1, 0.15) is 29.8 Å². The van der Waals surface area contributed by atoms with Gasteiger partial charge in [0.1, 0.15) is 12.3 Å². The normalized spacial score (nSPS) is 14.2. The SMILES string of the molecule is CCOC(=O)[C@H](C)Nc1ccc2c(c1)CCN2C(=O)c1ccoc1. The average Bonchev–Trinajstić information content (AvgIpc) is 3.24. The second-order valence-corrected chi connectivity index (χ2v) is 5.68. The molecule has 0 saturated heterocycles. The molecule has 3 rings (SSSR count). The molecule has 0 bridgehead atoms. The van der Waals surface area contributed by atoms with Crippen LogP contribution in [0.3, 0.4) is 0 Å². The Labute approximate surface area is 140 Å². The summed E-state index contributed by atoms with van der Waals surface area (Å²) in [7, 11) is 0. The molecule has 2 aromatic rings. The number of carbonyl (C=O) groups excluding carboxylic acids is 2. The van der Waals surface area contributed by atoms with E-state index < -0.39 is 6.04 Å². The van der Waals surface area contributed by atoms with Gasteiger partial charge in [-0.2, -0.15) is 0 Å². The fourth-order valence-electron chi connectivity index (χ4n) is 2.82. The summed E-state index contributed by atoms with van der Waals surface area (Å²) >= 11 is 0. The Morgan fingerprint density at radius 3 is 2.92 bits per heavy atom. The zero-order valence-corrected chi connectivity index (χ0v) is 13.7. The zero-order chi connectivity index (χ0) is 17.1. The molecule has 1 aromatic heterocycles. The van der Waals surface area contributed by atoms with E-state index >= 15 is 0 Å². The quantitative estimate of drug-likeness (QED) is 0.855. The van der Waals surface area contributed by atoms with Crippen molar-refractivity contribution >= 4 is 23.3 Å². The molecule has 2 heterocycles. The number of esters is 1. The van der Waals surface area contributed by atoms with Crippen LogP contribution in [-0.4, -0.2) is 31.1 Å². The highest BCUT2D eigenvalue weighted by Gasteiger charge is 2.26. The number of furan rings is 1. The predicted molar refractivity (Wildman–Crippen MR) is 90.2 cm³/mol. The number of carbonyl (C=O) groups is 2. The standard InChI is InChI=1S/C18H20N2O4/c1-3-24-18(22)12(2)19-15-4-5-16-13(10-15)6-8-20(16)17(21)14-7-9-23-11-14/h4-5,7,9-12,19H,3,6,8H2,1-2H3/t12-/m0/s1. The third-order valence-corrected chi connectivity index (χ3v) is 4.01. The van der Waals surface area contributed by atoms with E-state index in [1.54, 1.807) is 24.8 Å². The zero-order valence-electron chi connectivity index (χ0n) is 13.7. The van der Waals surface area contributed by atoms with E-state index in [0.717, 1.165) is 23.4 Å². The molecule has 6 nitrogen and oxygen atoms in total. The lowest BCUT2D eigenvalue weighted by Crippen LogP contribution is -2.28. The van der Waals surface area contributed by atoms with E-state index in [-0.39, 0.29) is 11.9 Å². The van der Waals surface area contributed by atoms with Gasteiger partial charge < -0.3 is 19.4 Å². The predicted octanol–water partition coefficient (Wildman–Crippen LogP) is 2.85. The molecule has 1 N–H and O–H groups in total. The van der Waals surface area contributed by atoms with Gasteiger partial charge in [0, 0.05) is 17.9 Å². The van der Waals surface area contributed by atoms with Crippen LogP contribution >= 0.6 is 0 Å². The van der Waals surface area contributed by atoms with Crippen molar-refractivity contribution in [3.63, 3.8) is 0 Å². The average molecular weight is 328 g/mol. The lowest BCUT2D eigenvalue weighted by molar-refractivity contribution is -0.143. The molecule has 0 aliphatic carbocycles. The fraction of sp³-hybridized carbons (Fsp3) is 0.333. The largest absolute Gasteiger partial charge is 0.472 e. The van der Waals surface area contributed by atoms with Gasteiger partial charge in [0.25, 0.3) is 5.91 Å². The van der Waals surface area contributed by atoms with Gasteiger partial charge in [-0.1, -0.05) is 0 Å². The van der Waals surface area contributed by atoms with Gasteiger partial charge in [-0.05, 0) is 50.1 Å². The first-order valence-corrected chi connectivity index (χ1v) is 8.00. The van der Waals surface area contributed by atoms with Crippen molar-refractivity contribution in [3.05, 3.63) is 47.9 Å². The molecule has 6 heteroatoms. The van der Waals surface area contributed by atoms with Crippen LogP contribution in [0.4, 0.5) is 11.4 Å². The van der Waals surface area contributed by atoms with Crippen molar-refractivity contribution < 1.29 is 18.7 Å². The molecule has 0 unspecified atom stereocenters. The smallest absolute Gasteiger partial charge is 0.328 e. The molecule has 24 heavy (non-hydrogen) atoms. The number of rotatable bonds is 5. The first-order valence-electron chi connectivity index (χ1n) is 8.00. The molecule has 0 saturated carbocycles. The van der Waals surface area contributed by atoms with E-state index in [9.17, 15) is 9.59 Å². The number of benzene rings is 1. The highest BCUT2D eigenvalue weighted by atomic mass is 16.5. The second-order valence-electron chi connectivity index (χ2n) is 5.68. The van der Waals surface area contributed by atoms with Crippen LogP contribution in [0.2, 0.25) is 0 Å². The lowest BCUT2D eigenvalue weighted by atomic mass is 10.1. The molecule has 0 radical (unpaired) electrons. The minimum Gasteiger partial charge on any atom is -0.472 e. The van der Waals surface area contributed by atoms with Gasteiger partial charge in [0.15, 0.2) is 0 Å². The van der Waals surface area contributed by atoms with Crippen molar-refractivity contribution in [1.29, 1.82) is 0 Å². The number of anilines is 2. The molecule has 1 atom stereocenters. The van der Waals surface area contributed by atoms with Crippen molar-refractivity contribution in [3.8, 4) is 0 Å². The van der Waals surface area contributed by atoms with Crippen LogP contribution in [0.25, 0.3) is 0 Å². The van der Waals surface area contributed by atoms with Gasteiger partial charge in [-0.15, -0.1) is 0 Å². The molecule has 1 amide bonds. The van der Waals surface area contributed by atoms with E-state index in [1.807, 2.05) is 18.2 Å². The van der Waals surface area contributed by atoms with Crippen LogP contribution < -0.4 is 10.2 Å². The van der Waals surface area contributed by atoms with Crippen LogP contribution in [0.15, 0.2) is 41.2 Å². The first kappa shape index (κ1) is 16.1. The monoisotopic (exact) mass is 328 g/mol. The van der Waals surface area contributed by atoms with E-state index in [4.69, 9.17) is 9.15 Å². The summed E-state index contributed by atoms with van der Waals surface area (Å²) in [6.07, 6.45) is 3.73. The van der Waals surface area contributed by atoms with Crippen molar-refractivity contribution in [2.24, 2.45) is 0 Å². The molecule has 126 valence electrons. The molecular formula is C18H20N2O4. The Morgan fingerprint density at radius 1 is 1.38 bits per heavy atom. The topological polar surface area (TPSA) is 71.8 Å². The maximum absolute atomic E-state index is 12.5. The van der Waals surface area contributed by atoms with Crippen LogP contribution in [0.5, 0.6) is 0 Å². The summed E-state index contributed by atoms with van der Waals surface area (Å²) in [5.74, 6) is -0.349. The number of nitrogens with one attached hydrogen (secondary N) is 1. The Kier molecular flexibility index (Phi) is 4.55. The van der Waals surface area contributed by atoms with Gasteiger partial charge in [-0.25, -0.2) is 4.79 Å². The van der Waals surface area contributed by atoms with E-state index in [2.05, 4.69) is 5.32 Å². The molecule has 1 aromatic carbocycles. The Bertz CT molecular complexity index is 739. The summed E-state index contributed by atoms with van der Waals surface area (Å²) in [5, 5.41) is 3.13. The maximum atomic E-state index is 12.5. The molecule has 1 aliphatic rings. The van der Waals surface area contributed by atoms with Gasteiger partial charge in [0.05, 0.1) is 18.4 Å². The third-order valence-electron chi connectivity index (χ3n) is 4.01. The summed E-state index contributed by atoms with van der Waals surface area (Å²) in [4.78, 5) is 25.9. The van der Waals surface area contributed by atoms with Crippen LogP contribution in [-0.2, 0) is 16.0 Å². The minimum absolute atomic E-state index is 0.0666. The van der Waals surface area contributed by atoms with Gasteiger partial charge in [-0.3, -0.25) is 4.79 Å². The van der Waals surface area contributed by atoms with Gasteiger partial charge >= 0.3 is 5.97 Å². The summed E-state index contributed by atoms with van der Waals surface area (Å²) in [6.45, 7) is 4.54. The van der Waals surface area contributed by atoms with Crippen molar-refractivity contribution in [2.75, 3.05) is 23.4 Å². The Morgan fingerprint density at radius 2 is 2.21 bits per heavy atom. The van der Waals surface area contributed by atoms with Crippen molar-refractivity contribution in [1.82, 2.24) is 0 Å². The fourth-order valence-corrected chi connectivity index (χ4v) is 2.82. The Hall–Kier alpha value is -2.76. The molecule has 1 aliphatic heterocycles. The molecular weight excluding hydrogens is 308 g/mol. The third kappa shape index (κ3) is 3.13. The number of ether oxygens (including phenoxy) is 1. The first-order chi connectivity index (χ1) is 11.6. The number of hydrogen-bond acceptors (Lipinski definition) is 5. The second kappa shape index (κ2) is 6.78. The van der Waals surface area contributed by atoms with E-state index in [0.29, 0.717) is 18.7 Å². The van der Waals surface area contributed by atoms with Gasteiger partial charge in [0.2, 0.25) is 0 Å². The minimum atomic E-state index is -0.423. The summed E-state index contributed by atoms with van der Waals surface area (Å²) in [5.41, 5.74) is 3.36. The number of amides is 1. The highest BCUT2D eigenvalue weighted by molar-refractivity contribution is 6.07. The lowest BCUT2D eigenvalue weighted by Gasteiger charge is -2.18.